The summed E-state index contributed by atoms with van der Waals surface area (Å²) < 4.78 is 0. The van der Waals surface area contributed by atoms with E-state index in [-0.39, 0.29) is 12.6 Å². The molecule has 0 aromatic carbocycles. The van der Waals surface area contributed by atoms with Crippen LogP contribution in [0.3, 0.4) is 0 Å². The van der Waals surface area contributed by atoms with Crippen LogP contribution in [0.4, 0.5) is 11.8 Å². The van der Waals surface area contributed by atoms with Gasteiger partial charge in [0.2, 0.25) is 5.95 Å². The summed E-state index contributed by atoms with van der Waals surface area (Å²) in [6.45, 7) is 5.05. The summed E-state index contributed by atoms with van der Waals surface area (Å²) in [5.41, 5.74) is 1.75. The zero-order valence-electron chi connectivity index (χ0n) is 15.3. The Morgan fingerprint density at radius 1 is 1.31 bits per heavy atom. The van der Waals surface area contributed by atoms with Crippen molar-refractivity contribution >= 4 is 11.8 Å². The fraction of sp³-hybridized carbons (Fsp3) is 0.526. The summed E-state index contributed by atoms with van der Waals surface area (Å²) in [7, 11) is 0. The van der Waals surface area contributed by atoms with Gasteiger partial charge in [0.1, 0.15) is 5.82 Å². The molecule has 1 fully saturated rings. The summed E-state index contributed by atoms with van der Waals surface area (Å²) in [6, 6.07) is 5.72. The van der Waals surface area contributed by atoms with E-state index in [2.05, 4.69) is 30.9 Å². The lowest BCUT2D eigenvalue weighted by atomic mass is 9.95. The van der Waals surface area contributed by atoms with Crippen molar-refractivity contribution in [2.24, 2.45) is 5.92 Å². The molecule has 1 atom stereocenters. The molecule has 0 unspecified atom stereocenters. The summed E-state index contributed by atoms with van der Waals surface area (Å²) in [5.74, 6) is 2.08. The van der Waals surface area contributed by atoms with Crippen LogP contribution in [-0.4, -0.2) is 52.3 Å². The fourth-order valence-corrected chi connectivity index (χ4v) is 3.11. The van der Waals surface area contributed by atoms with Crippen LogP contribution in [0.15, 0.2) is 30.6 Å². The van der Waals surface area contributed by atoms with Gasteiger partial charge in [-0.15, -0.1) is 0 Å². The average Bonchev–Trinajstić information content (AvgIpc) is 2.69. The van der Waals surface area contributed by atoms with Crippen LogP contribution in [-0.2, 0) is 0 Å². The first kappa shape index (κ1) is 18.5. The number of anilines is 2. The van der Waals surface area contributed by atoms with Gasteiger partial charge < -0.3 is 21.1 Å². The van der Waals surface area contributed by atoms with Crippen LogP contribution >= 0.6 is 0 Å². The lowest BCUT2D eigenvalue weighted by molar-refractivity contribution is 0.281. The number of nitrogens with zero attached hydrogens (tertiary/aromatic N) is 3. The molecule has 1 aliphatic rings. The molecule has 2 aromatic rings. The lowest BCUT2D eigenvalue weighted by Gasteiger charge is -2.22. The minimum atomic E-state index is -0.110. The van der Waals surface area contributed by atoms with Crippen LogP contribution in [0.2, 0.25) is 0 Å². The smallest absolute Gasteiger partial charge is 0.225 e. The van der Waals surface area contributed by atoms with Crippen LogP contribution in [0, 0.1) is 5.92 Å². The number of nitrogens with one attached hydrogen (secondary N) is 3. The van der Waals surface area contributed by atoms with Crippen molar-refractivity contribution in [1.29, 1.82) is 0 Å². The second kappa shape index (κ2) is 9.45. The number of aromatic nitrogens is 3. The third kappa shape index (κ3) is 5.37. The molecular formula is C19H28N6O. The molecule has 4 N–H and O–H groups in total. The van der Waals surface area contributed by atoms with E-state index >= 15 is 0 Å². The predicted molar refractivity (Wildman–Crippen MR) is 104 cm³/mol. The number of hydrogen-bond donors (Lipinski definition) is 4. The monoisotopic (exact) mass is 356 g/mol. The van der Waals surface area contributed by atoms with Gasteiger partial charge in [0.25, 0.3) is 0 Å². The maximum atomic E-state index is 9.29. The number of pyridine rings is 1. The first-order valence-corrected chi connectivity index (χ1v) is 9.36. The summed E-state index contributed by atoms with van der Waals surface area (Å²) in [4.78, 5) is 13.3. The van der Waals surface area contributed by atoms with Crippen molar-refractivity contribution in [2.75, 3.05) is 36.9 Å². The lowest BCUT2D eigenvalue weighted by Crippen LogP contribution is -2.28. The Kier molecular flexibility index (Phi) is 6.74. The molecule has 0 aliphatic carbocycles. The Balaban J connectivity index is 1.71. The fourth-order valence-electron chi connectivity index (χ4n) is 3.11. The van der Waals surface area contributed by atoms with Crippen LogP contribution in [0.5, 0.6) is 0 Å². The number of rotatable bonds is 8. The van der Waals surface area contributed by atoms with Crippen molar-refractivity contribution < 1.29 is 5.11 Å². The number of aliphatic hydroxyl groups is 1. The zero-order chi connectivity index (χ0) is 18.2. The van der Waals surface area contributed by atoms with Crippen molar-refractivity contribution in [3.05, 3.63) is 30.6 Å². The summed E-state index contributed by atoms with van der Waals surface area (Å²) in [5, 5.41) is 19.3. The molecule has 1 saturated heterocycles. The topological polar surface area (TPSA) is 95.0 Å². The molecule has 7 heteroatoms. The van der Waals surface area contributed by atoms with Crippen LogP contribution in [0.1, 0.15) is 26.2 Å². The second-order valence-corrected chi connectivity index (χ2v) is 6.84. The predicted octanol–water partition coefficient (Wildman–Crippen LogP) is 2.13. The molecule has 0 amide bonds. The molecule has 0 saturated carbocycles. The molecule has 7 nitrogen and oxygen atoms in total. The van der Waals surface area contributed by atoms with Crippen LogP contribution in [0.25, 0.3) is 11.3 Å². The minimum Gasteiger partial charge on any atom is -0.394 e. The van der Waals surface area contributed by atoms with E-state index in [9.17, 15) is 5.11 Å². The average molecular weight is 356 g/mol. The second-order valence-electron chi connectivity index (χ2n) is 6.84. The Hall–Kier alpha value is -2.25. The number of piperidine rings is 1. The van der Waals surface area contributed by atoms with E-state index in [4.69, 9.17) is 0 Å². The highest BCUT2D eigenvalue weighted by molar-refractivity contribution is 5.63. The van der Waals surface area contributed by atoms with E-state index in [0.29, 0.717) is 5.95 Å². The molecule has 1 aliphatic heterocycles. The molecule has 0 radical (unpaired) electrons. The number of hydrogen-bond acceptors (Lipinski definition) is 7. The Morgan fingerprint density at radius 2 is 2.15 bits per heavy atom. The van der Waals surface area contributed by atoms with Gasteiger partial charge in [-0.3, -0.25) is 4.98 Å². The Morgan fingerprint density at radius 3 is 2.88 bits per heavy atom. The van der Waals surface area contributed by atoms with Gasteiger partial charge in [-0.2, -0.15) is 4.98 Å². The standard InChI is InChI=1S/C19H28N6O/c1-14(13-26)23-19-24-17(16-3-2-7-21-12-16)11-18(25-19)22-10-6-15-4-8-20-9-5-15/h2-3,7,11-12,14-15,20,26H,4-6,8-10,13H2,1H3,(H2,22,23,24,25)/t14-/m1/s1. The maximum Gasteiger partial charge on any atom is 0.225 e. The van der Waals surface area contributed by atoms with Gasteiger partial charge in [-0.05, 0) is 57.3 Å². The minimum absolute atomic E-state index is 0.0267. The highest BCUT2D eigenvalue weighted by Gasteiger charge is 2.13. The van der Waals surface area contributed by atoms with Gasteiger partial charge in [0, 0.05) is 36.6 Å². The van der Waals surface area contributed by atoms with Gasteiger partial charge in [0.15, 0.2) is 0 Å². The molecule has 140 valence electrons. The molecule has 3 heterocycles. The Bertz CT molecular complexity index is 675. The largest absolute Gasteiger partial charge is 0.394 e. The molecule has 0 bridgehead atoms. The van der Waals surface area contributed by atoms with E-state index in [1.807, 2.05) is 25.1 Å². The van der Waals surface area contributed by atoms with Crippen molar-refractivity contribution in [3.8, 4) is 11.3 Å². The number of aliphatic hydroxyl groups excluding tert-OH is 1. The van der Waals surface area contributed by atoms with E-state index in [1.165, 1.54) is 12.8 Å². The Labute approximate surface area is 154 Å². The highest BCUT2D eigenvalue weighted by atomic mass is 16.3. The van der Waals surface area contributed by atoms with E-state index in [0.717, 1.165) is 49.0 Å². The van der Waals surface area contributed by atoms with Crippen molar-refractivity contribution in [3.63, 3.8) is 0 Å². The molecule has 2 aromatic heterocycles. The van der Waals surface area contributed by atoms with E-state index < -0.39 is 0 Å². The maximum absolute atomic E-state index is 9.29. The molecule has 3 rings (SSSR count). The molecular weight excluding hydrogens is 328 g/mol. The first-order chi connectivity index (χ1) is 12.7. The third-order valence-electron chi connectivity index (χ3n) is 4.65. The van der Waals surface area contributed by atoms with Gasteiger partial charge >= 0.3 is 0 Å². The van der Waals surface area contributed by atoms with Crippen molar-refractivity contribution in [1.82, 2.24) is 20.3 Å². The quantitative estimate of drug-likeness (QED) is 0.575. The van der Waals surface area contributed by atoms with Gasteiger partial charge in [0.05, 0.1) is 12.3 Å². The third-order valence-corrected chi connectivity index (χ3v) is 4.65. The van der Waals surface area contributed by atoms with Crippen molar-refractivity contribution in [2.45, 2.75) is 32.2 Å². The SMILES string of the molecule is C[C@H](CO)Nc1nc(NCCC2CCNCC2)cc(-c2cccnc2)n1. The molecule has 0 spiro atoms. The van der Waals surface area contributed by atoms with Gasteiger partial charge in [-0.25, -0.2) is 4.98 Å². The normalized spacial score (nSPS) is 16.2. The summed E-state index contributed by atoms with van der Waals surface area (Å²) in [6.07, 6.45) is 7.17. The summed E-state index contributed by atoms with van der Waals surface area (Å²) >= 11 is 0. The molecule has 26 heavy (non-hydrogen) atoms. The zero-order valence-corrected chi connectivity index (χ0v) is 15.3. The highest BCUT2D eigenvalue weighted by Crippen LogP contribution is 2.22. The van der Waals surface area contributed by atoms with Crippen LogP contribution < -0.4 is 16.0 Å². The van der Waals surface area contributed by atoms with Gasteiger partial charge in [-0.1, -0.05) is 0 Å². The van der Waals surface area contributed by atoms with E-state index in [1.54, 1.807) is 12.4 Å². The first-order valence-electron chi connectivity index (χ1n) is 9.36.